The van der Waals surface area contributed by atoms with E-state index in [0.717, 1.165) is 5.56 Å². The van der Waals surface area contributed by atoms with Crippen LogP contribution in [0.4, 0.5) is 0 Å². The molecule has 0 N–H and O–H groups in total. The van der Waals surface area contributed by atoms with Gasteiger partial charge in [0.25, 0.3) is 0 Å². The van der Waals surface area contributed by atoms with Crippen molar-refractivity contribution in [1.82, 2.24) is 9.13 Å². The Kier molecular flexibility index (Phi) is 22.0. The lowest BCUT2D eigenvalue weighted by molar-refractivity contribution is 0.586. The van der Waals surface area contributed by atoms with E-state index >= 15 is 0 Å². The Bertz CT molecular complexity index is 5560. The highest BCUT2D eigenvalue weighted by Crippen LogP contribution is 2.42. The second-order valence-electron chi connectivity index (χ2n) is 37.1. The quantitative estimate of drug-likeness (QED) is 0.166. The van der Waals surface area contributed by atoms with Crippen LogP contribution in [0, 0.1) is 13.8 Å². The standard InChI is InChI=1S/C30H37N.C22H21N.C17H20.C16H18.C11H16.C10H14/c1-28(2,3)20-14-16-25-22(18-20)23-19-21(29(4,5)6)15-17-26(23)31(25)27-13-11-10-12-24(27)30(7,8)9;1-22(2,3)18-12-6-9-15-21(18)23-19-13-7-4-10-16(19)17-11-5-8-14-20(17)23;1-13-7-5-6-8-16(13)14-9-11-15(12-10-14)17(2,3)4;1-16(2,3)15-11-9-14(10-12-15)13-7-5-4-6-8-13;1-9-7-5-6-8-10(9)11(2,3)4;1-10(2,3)9-7-5-4-6-8-9/h10-19H,1-9H3;4-15H,1-3H3;5-12H,1-4H3;4-12H,1-3H3;5-8H,1-4H3;4-8H,1-3H3/i;;5D,6D,7D,8D;;5D,6D,7D,8D;. The summed E-state index contributed by atoms with van der Waals surface area (Å²) in [6.07, 6.45) is 0. The van der Waals surface area contributed by atoms with E-state index in [0.29, 0.717) is 27.7 Å². The SMILES string of the molecule is CC(C)(C)c1ccc(-c2ccccc2)cc1.CC(C)(C)c1ccc2c(c1)c1cc(C(C)(C)C)ccc1n2-c1ccccc1C(C)(C)C.CC(C)(C)c1ccccc1.CC(C)(C)c1ccccc1-n1c2ccccc2c2ccccc21.[2H]c1c([2H])c([2H])c(-c2ccc(C(C)(C)C)cc2)c(C)c1[2H].[2H]c1c([2H])c([2H])c(C(C)(C)C)c(C)c1[2H]. The van der Waals surface area contributed by atoms with E-state index in [1.54, 1.807) is 13.8 Å². The number of benzene rings is 12. The Hall–Kier alpha value is -9.76. The molecule has 560 valence electrons. The predicted octanol–water partition coefficient (Wildman–Crippen LogP) is 30.6. The molecule has 14 rings (SSSR count). The highest BCUT2D eigenvalue weighted by atomic mass is 15.0. The van der Waals surface area contributed by atoms with Gasteiger partial charge in [-0.15, -0.1) is 0 Å². The predicted molar refractivity (Wildman–Crippen MR) is 477 cm³/mol. The summed E-state index contributed by atoms with van der Waals surface area (Å²) >= 11 is 0. The van der Waals surface area contributed by atoms with E-state index in [9.17, 15) is 0 Å². The van der Waals surface area contributed by atoms with Gasteiger partial charge in [-0.1, -0.05) is 409 Å². The fourth-order valence-corrected chi connectivity index (χ4v) is 13.7. The highest BCUT2D eigenvalue weighted by Gasteiger charge is 2.26. The van der Waals surface area contributed by atoms with E-state index < -0.39 is 0 Å². The lowest BCUT2D eigenvalue weighted by atomic mass is 9.84. The summed E-state index contributed by atoms with van der Waals surface area (Å²) in [5.41, 5.74) is 23.8. The number of hydrogen-bond donors (Lipinski definition) is 0. The first kappa shape index (κ1) is 71.2. The Morgan fingerprint density at radius 2 is 0.519 bits per heavy atom. The van der Waals surface area contributed by atoms with Crippen LogP contribution in [0.2, 0.25) is 0 Å². The number of rotatable bonds is 4. The molecule has 0 aliphatic carbocycles. The maximum absolute atomic E-state index is 8.10. The normalized spacial score (nSPS) is 13.2. The molecule has 0 saturated carbocycles. The zero-order valence-corrected chi connectivity index (χ0v) is 70.0. The number of fused-ring (bicyclic) bond motifs is 6. The lowest BCUT2D eigenvalue weighted by Crippen LogP contribution is -2.15. The third-order valence-corrected chi connectivity index (χ3v) is 20.0. The molecule has 2 aromatic heterocycles. The second kappa shape index (κ2) is 33.4. The minimum atomic E-state index is -0.263. The first-order chi connectivity index (χ1) is 53.8. The van der Waals surface area contributed by atoms with Gasteiger partial charge in [0.2, 0.25) is 0 Å². The average molecular weight is 1440 g/mol. The summed E-state index contributed by atoms with van der Waals surface area (Å²) in [7, 11) is 0. The van der Waals surface area contributed by atoms with Gasteiger partial charge in [-0.2, -0.15) is 0 Å². The molecule has 0 radical (unpaired) electrons. The van der Waals surface area contributed by atoms with Crippen molar-refractivity contribution in [3.05, 3.63) is 347 Å². The third-order valence-electron chi connectivity index (χ3n) is 20.0. The summed E-state index contributed by atoms with van der Waals surface area (Å²) in [5, 5.41) is 5.31. The van der Waals surface area contributed by atoms with Crippen molar-refractivity contribution < 1.29 is 11.0 Å². The van der Waals surface area contributed by atoms with Gasteiger partial charge in [-0.3, -0.25) is 0 Å². The van der Waals surface area contributed by atoms with Gasteiger partial charge >= 0.3 is 0 Å². The molecule has 2 heteroatoms. The fourth-order valence-electron chi connectivity index (χ4n) is 13.7. The maximum Gasteiger partial charge on any atom is 0.0629 e. The molecule has 0 unspecified atom stereocenters. The molecule has 0 fully saturated rings. The zero-order valence-electron chi connectivity index (χ0n) is 78.0. The van der Waals surface area contributed by atoms with Crippen molar-refractivity contribution in [2.75, 3.05) is 0 Å². The Balaban J connectivity index is 0.000000164. The molecule has 12 aromatic carbocycles. The summed E-state index contributed by atoms with van der Waals surface area (Å²) in [5.74, 6) is 0. The molecule has 14 aromatic rings. The minimum Gasteiger partial charge on any atom is -0.309 e. The molecule has 0 amide bonds. The average Bonchev–Trinajstić information content (AvgIpc) is 1.57. The Morgan fingerprint density at radius 1 is 0.222 bits per heavy atom. The van der Waals surface area contributed by atoms with Crippen molar-refractivity contribution in [3.63, 3.8) is 0 Å². The van der Waals surface area contributed by atoms with Crippen LogP contribution in [0.3, 0.4) is 0 Å². The van der Waals surface area contributed by atoms with Crippen LogP contribution < -0.4 is 0 Å². The van der Waals surface area contributed by atoms with Crippen molar-refractivity contribution in [2.24, 2.45) is 0 Å². The van der Waals surface area contributed by atoms with Crippen LogP contribution in [0.1, 0.15) is 233 Å². The minimum absolute atomic E-state index is 0.0250. The molecule has 2 nitrogen and oxygen atoms in total. The molecule has 0 atom stereocenters. The summed E-state index contributed by atoms with van der Waals surface area (Å²) in [6, 6.07) is 86.5. The van der Waals surface area contributed by atoms with E-state index in [4.69, 9.17) is 11.0 Å². The van der Waals surface area contributed by atoms with Gasteiger partial charge in [0.05, 0.1) is 33.0 Å². The second-order valence-corrected chi connectivity index (χ2v) is 37.1. The van der Waals surface area contributed by atoms with Crippen LogP contribution in [0.5, 0.6) is 0 Å². The molecule has 0 aliphatic heterocycles. The van der Waals surface area contributed by atoms with Crippen LogP contribution in [0.25, 0.3) is 77.2 Å². The molecule has 0 bridgehead atoms. The number of aromatic nitrogens is 2. The topological polar surface area (TPSA) is 9.86 Å². The van der Waals surface area contributed by atoms with Crippen molar-refractivity contribution >= 4 is 43.6 Å². The largest absolute Gasteiger partial charge is 0.309 e. The Morgan fingerprint density at radius 3 is 0.907 bits per heavy atom. The monoisotopic (exact) mass is 1440 g/mol. The van der Waals surface area contributed by atoms with E-state index in [1.165, 1.54) is 105 Å². The smallest absolute Gasteiger partial charge is 0.0629 e. The van der Waals surface area contributed by atoms with Crippen LogP contribution in [0.15, 0.2) is 291 Å². The van der Waals surface area contributed by atoms with Gasteiger partial charge in [0, 0.05) is 32.9 Å². The van der Waals surface area contributed by atoms with Gasteiger partial charge in [-0.05, 0) is 184 Å². The molecule has 0 spiro atoms. The van der Waals surface area contributed by atoms with Gasteiger partial charge in [-0.25, -0.2) is 0 Å². The highest BCUT2D eigenvalue weighted by molar-refractivity contribution is 6.11. The number of hydrogen-bond acceptors (Lipinski definition) is 0. The molecule has 0 saturated heterocycles. The number of para-hydroxylation sites is 4. The van der Waals surface area contributed by atoms with E-state index in [1.807, 2.05) is 51.1 Å². The van der Waals surface area contributed by atoms with Crippen molar-refractivity contribution in [3.8, 4) is 33.6 Å². The molecular formula is C106H126N2. The molecule has 108 heavy (non-hydrogen) atoms. The Labute approximate surface area is 663 Å². The first-order valence-corrected chi connectivity index (χ1v) is 38.6. The molecule has 0 aliphatic rings. The van der Waals surface area contributed by atoms with Gasteiger partial charge in [0.1, 0.15) is 0 Å². The lowest BCUT2D eigenvalue weighted by Gasteiger charge is -2.24. The van der Waals surface area contributed by atoms with Crippen molar-refractivity contribution in [1.29, 1.82) is 0 Å². The maximum atomic E-state index is 8.10. The third kappa shape index (κ3) is 20.5. The van der Waals surface area contributed by atoms with E-state index in [2.05, 4.69) is 367 Å². The summed E-state index contributed by atoms with van der Waals surface area (Å²) in [6.45, 7) is 56.7. The first-order valence-electron chi connectivity index (χ1n) is 42.6. The number of nitrogens with zero attached hydrogens (tertiary/aromatic N) is 2. The van der Waals surface area contributed by atoms with Crippen LogP contribution in [-0.2, 0) is 43.3 Å². The molecular weight excluding hydrogens is 1300 g/mol. The fraction of sp³-hybridized carbons (Fsp3) is 0.321. The van der Waals surface area contributed by atoms with Crippen LogP contribution in [-0.4, -0.2) is 9.13 Å². The summed E-state index contributed by atoms with van der Waals surface area (Å²) in [4.78, 5) is 0. The summed E-state index contributed by atoms with van der Waals surface area (Å²) < 4.78 is 67.1. The van der Waals surface area contributed by atoms with Crippen molar-refractivity contribution in [2.45, 2.75) is 223 Å². The zero-order chi connectivity index (χ0) is 85.9. The molecule has 2 heterocycles. The van der Waals surface area contributed by atoms with Gasteiger partial charge in [0.15, 0.2) is 0 Å². The van der Waals surface area contributed by atoms with E-state index in [-0.39, 0.29) is 86.2 Å². The van der Waals surface area contributed by atoms with Gasteiger partial charge < -0.3 is 9.13 Å². The van der Waals surface area contributed by atoms with Crippen LogP contribution >= 0.6 is 0 Å².